The molecule has 0 amide bonds. The van der Waals surface area contributed by atoms with Gasteiger partial charge in [0.15, 0.2) is 8.07 Å². The number of benzene rings is 8. The van der Waals surface area contributed by atoms with Crippen molar-refractivity contribution in [1.82, 2.24) is 9.13 Å². The largest absolute Gasteiger partial charge is 0.309 e. The molecule has 2 aromatic heterocycles. The normalized spacial score (nSPS) is 22.5. The highest BCUT2D eigenvalue weighted by Gasteiger charge is 2.61. The summed E-state index contributed by atoms with van der Waals surface area (Å²) in [7, 11) is -2.71. The van der Waals surface area contributed by atoms with Gasteiger partial charge in [-0.3, -0.25) is 0 Å². The number of nitrogens with zero attached hydrogens (tertiary/aromatic N) is 2. The SMILES string of the molecule is c1ccc([Si](c2ccccc2)(c2ccccc2)c2ccc3c(c2)c2ccccc2n3-c2ccc3c(c2)c2cccc4c2n3-c2ccccc2C42C3CC4CC(C3)CC2C4)cc1. The minimum Gasteiger partial charge on any atom is -0.309 e. The fourth-order valence-electron chi connectivity index (χ4n) is 14.3. The Balaban J connectivity index is 1.01. The molecule has 4 bridgehead atoms. The van der Waals surface area contributed by atoms with Crippen LogP contribution in [0.1, 0.15) is 43.2 Å². The van der Waals surface area contributed by atoms with E-state index in [2.05, 4.69) is 203 Å². The van der Waals surface area contributed by atoms with Crippen molar-refractivity contribution in [3.05, 3.63) is 205 Å². The first-order valence-corrected chi connectivity index (χ1v) is 24.6. The van der Waals surface area contributed by atoms with Crippen molar-refractivity contribution in [3.8, 4) is 11.4 Å². The minimum atomic E-state index is -2.71. The smallest absolute Gasteiger partial charge is 0.179 e. The van der Waals surface area contributed by atoms with Crippen LogP contribution in [-0.2, 0) is 5.41 Å². The first-order valence-electron chi connectivity index (χ1n) is 22.6. The maximum Gasteiger partial charge on any atom is 0.179 e. The van der Waals surface area contributed by atoms with Crippen LogP contribution in [0.2, 0.25) is 0 Å². The van der Waals surface area contributed by atoms with E-state index in [0.29, 0.717) is 0 Å². The third kappa shape index (κ3) is 4.42. The van der Waals surface area contributed by atoms with Gasteiger partial charge in [0.05, 0.1) is 27.8 Å². The van der Waals surface area contributed by atoms with Crippen molar-refractivity contribution in [2.45, 2.75) is 37.5 Å². The van der Waals surface area contributed by atoms with Gasteiger partial charge in [-0.15, -0.1) is 0 Å². The van der Waals surface area contributed by atoms with Gasteiger partial charge >= 0.3 is 0 Å². The average molecular weight is 799 g/mol. The molecule has 1 aliphatic heterocycles. The molecular weight excluding hydrogens is 753 g/mol. The fraction of sp³-hybridized carbons (Fsp3) is 0.172. The summed E-state index contributed by atoms with van der Waals surface area (Å²) in [6.45, 7) is 0. The molecule has 3 heteroatoms. The van der Waals surface area contributed by atoms with E-state index < -0.39 is 8.07 Å². The maximum absolute atomic E-state index is 2.71. The predicted molar refractivity (Wildman–Crippen MR) is 257 cm³/mol. The number of para-hydroxylation sites is 3. The molecule has 2 nitrogen and oxygen atoms in total. The van der Waals surface area contributed by atoms with Crippen LogP contribution in [0.5, 0.6) is 0 Å². The predicted octanol–water partition coefficient (Wildman–Crippen LogP) is 11.3. The van der Waals surface area contributed by atoms with Gasteiger partial charge in [-0.2, -0.15) is 0 Å². The van der Waals surface area contributed by atoms with E-state index in [9.17, 15) is 0 Å². The highest BCUT2D eigenvalue weighted by atomic mass is 28.3. The molecule has 0 radical (unpaired) electrons. The van der Waals surface area contributed by atoms with E-state index in [1.165, 1.54) is 108 Å². The zero-order chi connectivity index (χ0) is 39.9. The van der Waals surface area contributed by atoms with Crippen LogP contribution >= 0.6 is 0 Å². The number of rotatable bonds is 5. The van der Waals surface area contributed by atoms with Gasteiger partial charge in [0.1, 0.15) is 0 Å². The number of hydrogen-bond acceptors (Lipinski definition) is 0. The Bertz CT molecular complexity index is 3250. The summed E-state index contributed by atoms with van der Waals surface area (Å²) in [6.07, 6.45) is 7.04. The molecule has 10 aromatic rings. The summed E-state index contributed by atoms with van der Waals surface area (Å²) in [4.78, 5) is 0. The Hall–Kier alpha value is -6.42. The summed E-state index contributed by atoms with van der Waals surface area (Å²) < 4.78 is 5.18. The zero-order valence-electron chi connectivity index (χ0n) is 34.2. The molecule has 0 atom stereocenters. The topological polar surface area (TPSA) is 9.86 Å². The lowest BCUT2D eigenvalue weighted by Crippen LogP contribution is -2.74. The molecule has 61 heavy (non-hydrogen) atoms. The van der Waals surface area contributed by atoms with Crippen molar-refractivity contribution in [2.75, 3.05) is 0 Å². The Labute approximate surface area is 357 Å². The van der Waals surface area contributed by atoms with Gasteiger partial charge in [0.25, 0.3) is 0 Å². The second-order valence-electron chi connectivity index (χ2n) is 18.9. The highest BCUT2D eigenvalue weighted by Crippen LogP contribution is 2.68. The first-order chi connectivity index (χ1) is 30.2. The lowest BCUT2D eigenvalue weighted by atomic mass is 9.41. The summed E-state index contributed by atoms with van der Waals surface area (Å²) in [5.41, 5.74) is 11.2. The third-order valence-corrected chi connectivity index (χ3v) is 21.0. The molecule has 4 fully saturated rings. The van der Waals surface area contributed by atoms with Crippen LogP contribution in [-0.4, -0.2) is 17.2 Å². The van der Waals surface area contributed by atoms with Gasteiger partial charge in [-0.25, -0.2) is 0 Å². The average Bonchev–Trinajstić information content (AvgIpc) is 3.83. The highest BCUT2D eigenvalue weighted by molar-refractivity contribution is 7.20. The van der Waals surface area contributed by atoms with E-state index in [0.717, 1.165) is 23.7 Å². The summed E-state index contributed by atoms with van der Waals surface area (Å²) in [5.74, 6) is 3.30. The monoisotopic (exact) mass is 798 g/mol. The Morgan fingerprint density at radius 2 is 0.902 bits per heavy atom. The van der Waals surface area contributed by atoms with Crippen molar-refractivity contribution >= 4 is 72.4 Å². The molecule has 0 N–H and O–H groups in total. The quantitative estimate of drug-likeness (QED) is 0.121. The molecule has 4 saturated carbocycles. The van der Waals surface area contributed by atoms with Crippen LogP contribution in [0.25, 0.3) is 55.0 Å². The van der Waals surface area contributed by atoms with Crippen molar-refractivity contribution in [2.24, 2.45) is 23.7 Å². The lowest BCUT2D eigenvalue weighted by molar-refractivity contribution is -0.0418. The van der Waals surface area contributed by atoms with Crippen LogP contribution in [0, 0.1) is 23.7 Å². The van der Waals surface area contributed by atoms with E-state index in [1.807, 2.05) is 0 Å². The second kappa shape index (κ2) is 12.6. The molecule has 5 aliphatic rings. The number of fused-ring (bicyclic) bond motifs is 8. The van der Waals surface area contributed by atoms with E-state index in [-0.39, 0.29) is 5.41 Å². The van der Waals surface area contributed by atoms with Gasteiger partial charge in [-0.05, 0) is 124 Å². The molecule has 1 spiro atoms. The minimum absolute atomic E-state index is 0.110. The summed E-state index contributed by atoms with van der Waals surface area (Å²) in [5, 5.41) is 10.9. The zero-order valence-corrected chi connectivity index (χ0v) is 35.2. The van der Waals surface area contributed by atoms with Gasteiger partial charge < -0.3 is 9.13 Å². The van der Waals surface area contributed by atoms with Crippen LogP contribution in [0.4, 0.5) is 0 Å². The van der Waals surface area contributed by atoms with Gasteiger partial charge in [0, 0.05) is 32.6 Å². The standard InChI is InChI=1S/C58H46N2Si/c1-4-15-43(16-5-1)61(44-17-6-2-7-18-44,45-19-8-3-9-20-45)46-28-30-54-50(37-46)47-21-10-12-25-53(47)59(54)42-27-29-55-49(36-42)48-22-14-24-52-57(48)60(55)56-26-13-11-23-51(56)58(52)40-32-38-31-39(34-40)35-41(58)33-38/h1-30,36-41H,31-35H2. The maximum atomic E-state index is 2.65. The summed E-state index contributed by atoms with van der Waals surface area (Å²) >= 11 is 0. The van der Waals surface area contributed by atoms with Gasteiger partial charge in [0.2, 0.25) is 0 Å². The third-order valence-electron chi connectivity index (χ3n) is 16.2. The molecule has 0 unspecified atom stereocenters. The number of hydrogen-bond donors (Lipinski definition) is 0. The van der Waals surface area contributed by atoms with Crippen LogP contribution in [0.15, 0.2) is 194 Å². The van der Waals surface area contributed by atoms with Crippen molar-refractivity contribution < 1.29 is 0 Å². The molecule has 3 heterocycles. The first kappa shape index (κ1) is 34.3. The Kier molecular flexibility index (Phi) is 7.07. The molecule has 0 saturated heterocycles. The molecule has 8 aromatic carbocycles. The van der Waals surface area contributed by atoms with Crippen LogP contribution < -0.4 is 20.7 Å². The van der Waals surface area contributed by atoms with Crippen molar-refractivity contribution in [3.63, 3.8) is 0 Å². The number of aromatic nitrogens is 2. The van der Waals surface area contributed by atoms with Crippen LogP contribution in [0.3, 0.4) is 0 Å². The molecular formula is C58H46N2Si. The summed E-state index contributed by atoms with van der Waals surface area (Å²) in [6, 6.07) is 74.6. The fourth-order valence-corrected chi connectivity index (χ4v) is 19.1. The van der Waals surface area contributed by atoms with E-state index in [4.69, 9.17) is 0 Å². The second-order valence-corrected chi connectivity index (χ2v) is 22.7. The molecule has 292 valence electrons. The van der Waals surface area contributed by atoms with Crippen molar-refractivity contribution in [1.29, 1.82) is 0 Å². The van der Waals surface area contributed by atoms with E-state index in [1.54, 1.807) is 11.1 Å². The Morgan fingerprint density at radius 1 is 0.377 bits per heavy atom. The lowest BCUT2D eigenvalue weighted by Gasteiger charge is -2.63. The molecule has 4 aliphatic carbocycles. The van der Waals surface area contributed by atoms with Gasteiger partial charge in [-0.1, -0.05) is 158 Å². The van der Waals surface area contributed by atoms with E-state index >= 15 is 0 Å². The Morgan fingerprint density at radius 3 is 1.59 bits per heavy atom. The molecule has 15 rings (SSSR count).